The molecule has 0 aliphatic heterocycles. The molecule has 9 nitrogen and oxygen atoms in total. The Balaban J connectivity index is 0.949. The smallest absolute Gasteiger partial charge is 0.250 e. The largest absolute Gasteiger partial charge is 0.456 e. The number of para-hydroxylation sites is 2. The lowest BCUT2D eigenvalue weighted by molar-refractivity contribution is 0.651. The van der Waals surface area contributed by atoms with Gasteiger partial charge in [0.25, 0.3) is 0 Å². The third-order valence-corrected chi connectivity index (χ3v) is 13.5. The predicted octanol–water partition coefficient (Wildman–Crippen LogP) is 16.5. The van der Waals surface area contributed by atoms with Gasteiger partial charge in [-0.15, -0.1) is 10.2 Å². The standard InChI is InChI=1S/C60H34N6O3/c1-5-17-41-35(13-1)29-36-14-2-6-18-42(36)58(41)65(39-25-27-47-45-21-9-11-23-49(45)67-51(47)31-39)54-33-53-56(64-63-54)57-60(69-53)62-55(34-61-57)66(40-26-28-48-46-22-10-12-24-50(46)68-52(48)32-40)59-43-19-7-3-15-37(43)30-38-16-4-8-20-44(38)59/h1-34H. The van der Waals surface area contributed by atoms with E-state index in [1.165, 1.54) is 0 Å². The molecule has 0 spiro atoms. The minimum atomic E-state index is 0.333. The van der Waals surface area contributed by atoms with E-state index in [9.17, 15) is 0 Å². The van der Waals surface area contributed by atoms with Crippen LogP contribution in [0, 0.1) is 0 Å². The molecule has 9 heteroatoms. The van der Waals surface area contributed by atoms with Crippen LogP contribution in [0.15, 0.2) is 220 Å². The van der Waals surface area contributed by atoms with Crippen LogP contribution in [0.3, 0.4) is 0 Å². The molecule has 10 aromatic carbocycles. The van der Waals surface area contributed by atoms with Crippen LogP contribution in [-0.4, -0.2) is 20.2 Å². The highest BCUT2D eigenvalue weighted by Gasteiger charge is 2.26. The first kappa shape index (κ1) is 37.6. The van der Waals surface area contributed by atoms with Gasteiger partial charge < -0.3 is 13.3 Å². The number of benzene rings is 10. The summed E-state index contributed by atoms with van der Waals surface area (Å²) in [7, 11) is 0. The van der Waals surface area contributed by atoms with E-state index in [4.69, 9.17) is 33.4 Å². The molecule has 15 rings (SSSR count). The molecule has 0 radical (unpaired) electrons. The van der Waals surface area contributed by atoms with Crippen LogP contribution in [0.25, 0.3) is 109 Å². The number of anilines is 6. The van der Waals surface area contributed by atoms with Gasteiger partial charge in [0.2, 0.25) is 5.71 Å². The summed E-state index contributed by atoms with van der Waals surface area (Å²) in [5, 5.41) is 22.7. The summed E-state index contributed by atoms with van der Waals surface area (Å²) in [5.41, 5.74) is 8.68. The lowest BCUT2D eigenvalue weighted by Crippen LogP contribution is -2.13. The van der Waals surface area contributed by atoms with Gasteiger partial charge in [-0.3, -0.25) is 9.80 Å². The molecule has 0 unspecified atom stereocenters. The van der Waals surface area contributed by atoms with Crippen molar-refractivity contribution in [1.29, 1.82) is 0 Å². The lowest BCUT2D eigenvalue weighted by atomic mass is 9.99. The molecular formula is C60H34N6O3. The molecule has 0 saturated carbocycles. The first-order valence-corrected chi connectivity index (χ1v) is 22.9. The lowest BCUT2D eigenvalue weighted by Gasteiger charge is -2.27. The van der Waals surface area contributed by atoms with Crippen LogP contribution in [0.4, 0.5) is 34.4 Å². The summed E-state index contributed by atoms with van der Waals surface area (Å²) in [6, 6.07) is 69.1. The number of fused-ring (bicyclic) bond motifs is 13. The fourth-order valence-corrected chi connectivity index (χ4v) is 10.4. The Morgan fingerprint density at radius 1 is 0.319 bits per heavy atom. The average molecular weight is 887 g/mol. The Morgan fingerprint density at radius 2 is 0.754 bits per heavy atom. The zero-order valence-corrected chi connectivity index (χ0v) is 36.5. The SMILES string of the molecule is c1ccc2c(N(c3ccc4c(c3)oc3ccccc34)c3cc4oc5nc(N(c6ccc7c(c6)oc6ccccc67)c6c7ccccc7cc7ccccc67)cnc5c4nn3)c3ccccc3cc2c1. The molecule has 0 bridgehead atoms. The van der Waals surface area contributed by atoms with Gasteiger partial charge in [-0.1, -0.05) is 133 Å². The maximum Gasteiger partial charge on any atom is 0.250 e. The molecule has 15 aromatic rings. The topological polar surface area (TPSA) is 97.5 Å². The van der Waals surface area contributed by atoms with Crippen molar-refractivity contribution < 1.29 is 13.3 Å². The molecule has 0 N–H and O–H groups in total. The van der Waals surface area contributed by atoms with Crippen molar-refractivity contribution >= 4 is 144 Å². The number of hydrogen-bond acceptors (Lipinski definition) is 9. The second kappa shape index (κ2) is 14.4. The zero-order valence-electron chi connectivity index (χ0n) is 36.5. The van der Waals surface area contributed by atoms with Crippen LogP contribution >= 0.6 is 0 Å². The van der Waals surface area contributed by atoms with Gasteiger partial charge >= 0.3 is 0 Å². The minimum Gasteiger partial charge on any atom is -0.456 e. The van der Waals surface area contributed by atoms with Crippen molar-refractivity contribution in [2.75, 3.05) is 9.80 Å². The Morgan fingerprint density at radius 3 is 1.26 bits per heavy atom. The van der Waals surface area contributed by atoms with E-state index in [0.717, 1.165) is 110 Å². The van der Waals surface area contributed by atoms with E-state index in [2.05, 4.69) is 168 Å². The van der Waals surface area contributed by atoms with Crippen molar-refractivity contribution in [1.82, 2.24) is 20.2 Å². The fraction of sp³-hybridized carbons (Fsp3) is 0. The number of aromatic nitrogens is 4. The summed E-state index contributed by atoms with van der Waals surface area (Å²) in [6.45, 7) is 0. The maximum atomic E-state index is 6.78. The summed E-state index contributed by atoms with van der Waals surface area (Å²) >= 11 is 0. The molecule has 0 saturated heterocycles. The molecule has 0 aliphatic carbocycles. The van der Waals surface area contributed by atoms with E-state index in [1.807, 2.05) is 42.5 Å². The normalized spacial score (nSPS) is 12.1. The maximum absolute atomic E-state index is 6.78. The second-order valence-corrected chi connectivity index (χ2v) is 17.5. The molecule has 322 valence electrons. The van der Waals surface area contributed by atoms with Gasteiger partial charge in [0, 0.05) is 61.3 Å². The first-order chi connectivity index (χ1) is 34.2. The van der Waals surface area contributed by atoms with Crippen LogP contribution in [0.2, 0.25) is 0 Å². The van der Waals surface area contributed by atoms with E-state index >= 15 is 0 Å². The summed E-state index contributed by atoms with van der Waals surface area (Å²) in [5.74, 6) is 1.12. The average Bonchev–Trinajstić information content (AvgIpc) is 4.09. The minimum absolute atomic E-state index is 0.333. The third kappa shape index (κ3) is 5.71. The molecule has 0 fully saturated rings. The van der Waals surface area contributed by atoms with E-state index in [-0.39, 0.29) is 0 Å². The Kier molecular flexibility index (Phi) is 7.87. The van der Waals surface area contributed by atoms with Gasteiger partial charge in [-0.2, -0.15) is 4.98 Å². The van der Waals surface area contributed by atoms with Gasteiger partial charge in [-0.05, 0) is 70.1 Å². The van der Waals surface area contributed by atoms with Gasteiger partial charge in [-0.25, -0.2) is 4.98 Å². The number of hydrogen-bond donors (Lipinski definition) is 0. The number of rotatable bonds is 6. The van der Waals surface area contributed by atoms with Crippen LogP contribution in [0.1, 0.15) is 0 Å². The zero-order chi connectivity index (χ0) is 45.2. The third-order valence-electron chi connectivity index (χ3n) is 13.5. The van der Waals surface area contributed by atoms with Crippen LogP contribution in [0.5, 0.6) is 0 Å². The molecule has 0 aliphatic rings. The second-order valence-electron chi connectivity index (χ2n) is 17.5. The molecule has 5 aromatic heterocycles. The monoisotopic (exact) mass is 886 g/mol. The number of nitrogens with zero attached hydrogens (tertiary/aromatic N) is 6. The highest BCUT2D eigenvalue weighted by molar-refractivity contribution is 6.17. The Hall–Kier alpha value is -9.60. The van der Waals surface area contributed by atoms with E-state index < -0.39 is 0 Å². The van der Waals surface area contributed by atoms with Crippen LogP contribution < -0.4 is 9.80 Å². The number of furan rings is 3. The highest BCUT2D eigenvalue weighted by Crippen LogP contribution is 2.47. The molecule has 0 amide bonds. The van der Waals surface area contributed by atoms with Crippen LogP contribution in [-0.2, 0) is 0 Å². The van der Waals surface area contributed by atoms with Gasteiger partial charge in [0.15, 0.2) is 28.3 Å². The summed E-state index contributed by atoms with van der Waals surface area (Å²) in [4.78, 5) is 14.7. The van der Waals surface area contributed by atoms with Crippen molar-refractivity contribution in [3.05, 3.63) is 206 Å². The van der Waals surface area contributed by atoms with E-state index in [1.54, 1.807) is 6.20 Å². The van der Waals surface area contributed by atoms with Crippen molar-refractivity contribution in [2.24, 2.45) is 0 Å². The van der Waals surface area contributed by atoms with Crippen molar-refractivity contribution in [3.63, 3.8) is 0 Å². The Labute approximate surface area is 391 Å². The highest BCUT2D eigenvalue weighted by atomic mass is 16.3. The Bertz CT molecular complexity index is 4210. The van der Waals surface area contributed by atoms with Gasteiger partial charge in [0.1, 0.15) is 22.3 Å². The molecule has 5 heterocycles. The van der Waals surface area contributed by atoms with Gasteiger partial charge in [0.05, 0.1) is 28.9 Å². The summed E-state index contributed by atoms with van der Waals surface area (Å²) < 4.78 is 19.7. The molecular weight excluding hydrogens is 853 g/mol. The molecule has 69 heavy (non-hydrogen) atoms. The van der Waals surface area contributed by atoms with Crippen molar-refractivity contribution in [2.45, 2.75) is 0 Å². The first-order valence-electron chi connectivity index (χ1n) is 22.9. The fourth-order valence-electron chi connectivity index (χ4n) is 10.4. The quantitative estimate of drug-likeness (QED) is 0.151. The van der Waals surface area contributed by atoms with E-state index in [0.29, 0.717) is 34.0 Å². The van der Waals surface area contributed by atoms with Crippen molar-refractivity contribution in [3.8, 4) is 0 Å². The predicted molar refractivity (Wildman–Crippen MR) is 279 cm³/mol. The molecule has 0 atom stereocenters. The summed E-state index contributed by atoms with van der Waals surface area (Å²) in [6.07, 6.45) is 1.80.